The molecule has 0 aliphatic carbocycles. The summed E-state index contributed by atoms with van der Waals surface area (Å²) in [4.78, 5) is 14.0. The van der Waals surface area contributed by atoms with Crippen molar-refractivity contribution in [3.05, 3.63) is 29.8 Å². The fraction of sp³-hybridized carbons (Fsp3) is 0.588. The summed E-state index contributed by atoms with van der Waals surface area (Å²) in [6.45, 7) is 4.94. The number of nitrogens with zero attached hydrogens (tertiary/aromatic N) is 1. The maximum Gasteiger partial charge on any atom is 0.222 e. The Morgan fingerprint density at radius 3 is 2.78 bits per heavy atom. The predicted molar refractivity (Wildman–Crippen MR) is 90.4 cm³/mol. The summed E-state index contributed by atoms with van der Waals surface area (Å²) in [5.41, 5.74) is 1.14. The third-order valence-electron chi connectivity index (χ3n) is 4.10. The molecule has 2 rings (SSSR count). The smallest absolute Gasteiger partial charge is 0.222 e. The van der Waals surface area contributed by atoms with E-state index in [0.717, 1.165) is 11.3 Å². The molecule has 1 heterocycles. The molecule has 1 aliphatic heterocycles. The zero-order valence-corrected chi connectivity index (χ0v) is 14.6. The van der Waals surface area contributed by atoms with Gasteiger partial charge in [0.2, 0.25) is 5.91 Å². The summed E-state index contributed by atoms with van der Waals surface area (Å²) in [5.74, 6) is 1.12. The van der Waals surface area contributed by atoms with Crippen molar-refractivity contribution in [2.24, 2.45) is 0 Å². The number of sulfone groups is 1. The molecule has 1 aliphatic rings. The first kappa shape index (κ1) is 17.8. The molecule has 1 aromatic rings. The Bertz CT molecular complexity index is 642. The van der Waals surface area contributed by atoms with Crippen molar-refractivity contribution in [2.75, 3.05) is 24.7 Å². The molecule has 0 N–H and O–H groups in total. The van der Waals surface area contributed by atoms with Gasteiger partial charge >= 0.3 is 0 Å². The van der Waals surface area contributed by atoms with E-state index in [1.165, 1.54) is 0 Å². The first-order valence-electron chi connectivity index (χ1n) is 8.10. The second-order valence-corrected chi connectivity index (χ2v) is 8.23. The van der Waals surface area contributed by atoms with Gasteiger partial charge < -0.3 is 9.64 Å². The molecule has 128 valence electrons. The number of rotatable bonds is 7. The van der Waals surface area contributed by atoms with Gasteiger partial charge in [0.15, 0.2) is 9.84 Å². The average Bonchev–Trinajstić information content (AvgIpc) is 2.84. The van der Waals surface area contributed by atoms with Crippen LogP contribution in [-0.2, 0) is 14.6 Å². The van der Waals surface area contributed by atoms with Gasteiger partial charge in [0.1, 0.15) is 5.75 Å². The molecule has 0 radical (unpaired) electrons. The molecule has 1 aromatic carbocycles. The number of ether oxygens (including phenoxy) is 1. The number of aryl methyl sites for hydroxylation is 1. The van der Waals surface area contributed by atoms with Crippen LogP contribution in [0.15, 0.2) is 24.3 Å². The standard InChI is InChI=1S/C17H25NO4S/c1-3-18(15-9-11-23(20,21)13-15)17(19)8-5-10-22-16-7-4-6-14(2)12-16/h4,6-7,12,15H,3,5,8-11,13H2,1-2H3. The number of carbonyl (C=O) groups excluding carboxylic acids is 1. The first-order valence-corrected chi connectivity index (χ1v) is 9.93. The van der Waals surface area contributed by atoms with Gasteiger partial charge in [0, 0.05) is 19.0 Å². The molecule has 1 unspecified atom stereocenters. The van der Waals surface area contributed by atoms with Crippen LogP contribution in [-0.4, -0.2) is 49.9 Å². The van der Waals surface area contributed by atoms with Crippen molar-refractivity contribution in [1.82, 2.24) is 4.90 Å². The van der Waals surface area contributed by atoms with E-state index in [2.05, 4.69) is 0 Å². The summed E-state index contributed by atoms with van der Waals surface area (Å²) >= 11 is 0. The Kier molecular flexibility index (Phi) is 6.04. The lowest BCUT2D eigenvalue weighted by atomic mass is 10.2. The average molecular weight is 339 g/mol. The van der Waals surface area contributed by atoms with Crippen molar-refractivity contribution in [2.45, 2.75) is 39.2 Å². The molecule has 1 fully saturated rings. The summed E-state index contributed by atoms with van der Waals surface area (Å²) in [7, 11) is -2.97. The molecular weight excluding hydrogens is 314 g/mol. The zero-order chi connectivity index (χ0) is 16.9. The van der Waals surface area contributed by atoms with E-state index in [1.807, 2.05) is 38.1 Å². The van der Waals surface area contributed by atoms with Crippen LogP contribution in [0.1, 0.15) is 31.7 Å². The summed E-state index contributed by atoms with van der Waals surface area (Å²) in [5, 5.41) is 0. The van der Waals surface area contributed by atoms with E-state index in [9.17, 15) is 13.2 Å². The fourth-order valence-electron chi connectivity index (χ4n) is 2.92. The van der Waals surface area contributed by atoms with Crippen LogP contribution in [0.3, 0.4) is 0 Å². The second kappa shape index (κ2) is 7.81. The SMILES string of the molecule is CCN(C(=O)CCCOc1cccc(C)c1)C1CCS(=O)(=O)C1. The predicted octanol–water partition coefficient (Wildman–Crippen LogP) is 2.19. The van der Waals surface area contributed by atoms with Gasteiger partial charge in [-0.15, -0.1) is 0 Å². The maximum absolute atomic E-state index is 12.3. The van der Waals surface area contributed by atoms with Gasteiger partial charge in [0.25, 0.3) is 0 Å². The molecule has 1 atom stereocenters. The molecule has 1 amide bonds. The minimum Gasteiger partial charge on any atom is -0.494 e. The van der Waals surface area contributed by atoms with E-state index in [-0.39, 0.29) is 23.5 Å². The lowest BCUT2D eigenvalue weighted by Crippen LogP contribution is -2.41. The number of hydrogen-bond acceptors (Lipinski definition) is 4. The highest BCUT2D eigenvalue weighted by molar-refractivity contribution is 7.91. The van der Waals surface area contributed by atoms with Gasteiger partial charge in [-0.25, -0.2) is 8.42 Å². The van der Waals surface area contributed by atoms with E-state index in [0.29, 0.717) is 32.4 Å². The number of benzene rings is 1. The van der Waals surface area contributed by atoms with Crippen LogP contribution in [0, 0.1) is 6.92 Å². The Hall–Kier alpha value is -1.56. The number of carbonyl (C=O) groups is 1. The lowest BCUT2D eigenvalue weighted by Gasteiger charge is -2.26. The molecule has 0 aromatic heterocycles. The Labute approximate surface area is 138 Å². The highest BCUT2D eigenvalue weighted by Gasteiger charge is 2.33. The van der Waals surface area contributed by atoms with Crippen LogP contribution in [0.25, 0.3) is 0 Å². The quantitative estimate of drug-likeness (QED) is 0.714. The molecular formula is C17H25NO4S. The first-order chi connectivity index (χ1) is 10.9. The van der Waals surface area contributed by atoms with E-state index in [1.54, 1.807) is 4.90 Å². The highest BCUT2D eigenvalue weighted by atomic mass is 32.2. The summed E-state index contributed by atoms with van der Waals surface area (Å²) < 4.78 is 28.8. The third kappa shape index (κ3) is 5.23. The molecule has 5 nitrogen and oxygen atoms in total. The van der Waals surface area contributed by atoms with Gasteiger partial charge in [-0.1, -0.05) is 12.1 Å². The topological polar surface area (TPSA) is 63.7 Å². The summed E-state index contributed by atoms with van der Waals surface area (Å²) in [6.07, 6.45) is 1.57. The van der Waals surface area contributed by atoms with E-state index >= 15 is 0 Å². The van der Waals surface area contributed by atoms with Gasteiger partial charge in [-0.2, -0.15) is 0 Å². The Balaban J connectivity index is 1.77. The monoisotopic (exact) mass is 339 g/mol. The number of amides is 1. The van der Waals surface area contributed by atoms with Crippen molar-refractivity contribution >= 4 is 15.7 Å². The van der Waals surface area contributed by atoms with Gasteiger partial charge in [-0.3, -0.25) is 4.79 Å². The van der Waals surface area contributed by atoms with Gasteiger partial charge in [-0.05, 0) is 44.4 Å². The van der Waals surface area contributed by atoms with Crippen molar-refractivity contribution < 1.29 is 17.9 Å². The zero-order valence-electron chi connectivity index (χ0n) is 13.8. The van der Waals surface area contributed by atoms with Crippen LogP contribution < -0.4 is 4.74 Å². The second-order valence-electron chi connectivity index (χ2n) is 6.01. The Morgan fingerprint density at radius 2 is 2.17 bits per heavy atom. The van der Waals surface area contributed by atoms with E-state index in [4.69, 9.17) is 4.74 Å². The van der Waals surface area contributed by atoms with Gasteiger partial charge in [0.05, 0.1) is 18.1 Å². The lowest BCUT2D eigenvalue weighted by molar-refractivity contribution is -0.133. The van der Waals surface area contributed by atoms with Crippen molar-refractivity contribution in [3.63, 3.8) is 0 Å². The van der Waals surface area contributed by atoms with E-state index < -0.39 is 9.84 Å². The molecule has 1 saturated heterocycles. The minimum absolute atomic E-state index is 0.0162. The molecule has 0 spiro atoms. The number of hydrogen-bond donors (Lipinski definition) is 0. The fourth-order valence-corrected chi connectivity index (χ4v) is 4.65. The minimum atomic E-state index is -2.97. The normalized spacial score (nSPS) is 19.5. The van der Waals surface area contributed by atoms with Crippen molar-refractivity contribution in [1.29, 1.82) is 0 Å². The third-order valence-corrected chi connectivity index (χ3v) is 5.85. The van der Waals surface area contributed by atoms with Crippen LogP contribution >= 0.6 is 0 Å². The molecule has 6 heteroatoms. The van der Waals surface area contributed by atoms with Crippen LogP contribution in [0.5, 0.6) is 5.75 Å². The van der Waals surface area contributed by atoms with Crippen LogP contribution in [0.2, 0.25) is 0 Å². The largest absolute Gasteiger partial charge is 0.494 e. The van der Waals surface area contributed by atoms with Crippen molar-refractivity contribution in [3.8, 4) is 5.75 Å². The van der Waals surface area contributed by atoms with Crippen LogP contribution in [0.4, 0.5) is 0 Å². The Morgan fingerprint density at radius 1 is 1.39 bits per heavy atom. The summed E-state index contributed by atoms with van der Waals surface area (Å²) in [6, 6.07) is 7.65. The highest BCUT2D eigenvalue weighted by Crippen LogP contribution is 2.19. The molecule has 0 bridgehead atoms. The maximum atomic E-state index is 12.3. The molecule has 0 saturated carbocycles. The molecule has 23 heavy (non-hydrogen) atoms.